The third-order valence-corrected chi connectivity index (χ3v) is 3.72. The molecule has 0 N–H and O–H groups in total. The first-order chi connectivity index (χ1) is 9.74. The molecular weight excluding hydrogens is 276 g/mol. The van der Waals surface area contributed by atoms with Crippen molar-refractivity contribution in [2.75, 3.05) is 13.1 Å². The smallest absolute Gasteiger partial charge is 0.276 e. The van der Waals surface area contributed by atoms with Crippen molar-refractivity contribution in [2.45, 2.75) is 19.3 Å². The van der Waals surface area contributed by atoms with Crippen molar-refractivity contribution in [1.82, 2.24) is 10.1 Å². The maximum atomic E-state index is 12.3. The molecule has 1 aromatic carbocycles. The zero-order chi connectivity index (χ0) is 13.9. The minimum absolute atomic E-state index is 0.0540. The van der Waals surface area contributed by atoms with Gasteiger partial charge >= 0.3 is 0 Å². The summed E-state index contributed by atoms with van der Waals surface area (Å²) >= 11 is 5.95. The van der Waals surface area contributed by atoms with Gasteiger partial charge in [0, 0.05) is 29.7 Å². The Balaban J connectivity index is 1.81. The average Bonchev–Trinajstić information content (AvgIpc) is 2.97. The molecular formula is C15H15ClN2O2. The Bertz CT molecular complexity index is 618. The molecule has 3 rings (SSSR count). The molecule has 0 atom stereocenters. The van der Waals surface area contributed by atoms with Crippen LogP contribution in [0.4, 0.5) is 0 Å². The SMILES string of the molecule is O=C(c1cc(-c2cccc(Cl)c2)on1)N1CCCCC1. The molecule has 2 aromatic rings. The Hall–Kier alpha value is -1.81. The predicted octanol–water partition coefficient (Wildman–Crippen LogP) is 3.62. The van der Waals surface area contributed by atoms with Gasteiger partial charge in [-0.1, -0.05) is 28.9 Å². The highest BCUT2D eigenvalue weighted by atomic mass is 35.5. The van der Waals surface area contributed by atoms with E-state index in [1.54, 1.807) is 18.2 Å². The second-order valence-electron chi connectivity index (χ2n) is 4.94. The summed E-state index contributed by atoms with van der Waals surface area (Å²) in [5.74, 6) is 0.509. The van der Waals surface area contributed by atoms with Crippen LogP contribution in [0, 0.1) is 0 Å². The van der Waals surface area contributed by atoms with Crippen LogP contribution < -0.4 is 0 Å². The van der Waals surface area contributed by atoms with E-state index in [1.165, 1.54) is 6.42 Å². The molecule has 0 saturated carbocycles. The Labute approximate surface area is 122 Å². The van der Waals surface area contributed by atoms with E-state index in [9.17, 15) is 4.79 Å². The first kappa shape index (κ1) is 13.2. The minimum Gasteiger partial charge on any atom is -0.355 e. The summed E-state index contributed by atoms with van der Waals surface area (Å²) in [6.45, 7) is 1.61. The molecule has 5 heteroatoms. The topological polar surface area (TPSA) is 46.3 Å². The van der Waals surface area contributed by atoms with E-state index in [0.29, 0.717) is 16.5 Å². The number of carbonyl (C=O) groups is 1. The lowest BCUT2D eigenvalue weighted by Gasteiger charge is -2.25. The molecule has 1 amide bonds. The zero-order valence-electron chi connectivity index (χ0n) is 11.0. The summed E-state index contributed by atoms with van der Waals surface area (Å²) in [5.41, 5.74) is 1.18. The van der Waals surface area contributed by atoms with Gasteiger partial charge in [0.1, 0.15) is 0 Å². The predicted molar refractivity (Wildman–Crippen MR) is 76.7 cm³/mol. The second-order valence-corrected chi connectivity index (χ2v) is 5.38. The van der Waals surface area contributed by atoms with E-state index >= 15 is 0 Å². The molecule has 20 heavy (non-hydrogen) atoms. The fourth-order valence-electron chi connectivity index (χ4n) is 2.41. The Kier molecular flexibility index (Phi) is 3.74. The lowest BCUT2D eigenvalue weighted by atomic mass is 10.1. The second kappa shape index (κ2) is 5.67. The van der Waals surface area contributed by atoms with Crippen molar-refractivity contribution in [3.8, 4) is 11.3 Å². The van der Waals surface area contributed by atoms with Gasteiger partial charge in [0.15, 0.2) is 11.5 Å². The van der Waals surface area contributed by atoms with E-state index in [4.69, 9.17) is 16.1 Å². The van der Waals surface area contributed by atoms with Gasteiger partial charge in [-0.3, -0.25) is 4.79 Å². The van der Waals surface area contributed by atoms with E-state index in [1.807, 2.05) is 17.0 Å². The van der Waals surface area contributed by atoms with E-state index < -0.39 is 0 Å². The van der Waals surface area contributed by atoms with Crippen LogP contribution in [-0.2, 0) is 0 Å². The van der Waals surface area contributed by atoms with Crippen molar-refractivity contribution in [2.24, 2.45) is 0 Å². The number of aromatic nitrogens is 1. The molecule has 1 aromatic heterocycles. The molecule has 0 unspecified atom stereocenters. The Morgan fingerprint density at radius 3 is 2.75 bits per heavy atom. The monoisotopic (exact) mass is 290 g/mol. The number of hydrogen-bond donors (Lipinski definition) is 0. The summed E-state index contributed by atoms with van der Waals surface area (Å²) in [6, 6.07) is 8.98. The number of nitrogens with zero attached hydrogens (tertiary/aromatic N) is 2. The molecule has 0 radical (unpaired) electrons. The molecule has 1 saturated heterocycles. The lowest BCUT2D eigenvalue weighted by Crippen LogP contribution is -2.35. The number of benzene rings is 1. The maximum absolute atomic E-state index is 12.3. The maximum Gasteiger partial charge on any atom is 0.276 e. The molecule has 2 heterocycles. The van der Waals surface area contributed by atoms with Gasteiger partial charge in [-0.25, -0.2) is 0 Å². The normalized spacial score (nSPS) is 15.3. The number of halogens is 1. The standard InChI is InChI=1S/C15H15ClN2O2/c16-12-6-4-5-11(9-12)14-10-13(17-20-14)15(19)18-7-2-1-3-8-18/h4-6,9-10H,1-3,7-8H2. The molecule has 1 aliphatic heterocycles. The number of rotatable bonds is 2. The summed E-state index contributed by atoms with van der Waals surface area (Å²) in [7, 11) is 0. The van der Waals surface area contributed by atoms with Crippen LogP contribution in [-0.4, -0.2) is 29.1 Å². The van der Waals surface area contributed by atoms with Crippen molar-refractivity contribution in [3.63, 3.8) is 0 Å². The molecule has 104 valence electrons. The van der Waals surface area contributed by atoms with Gasteiger partial charge in [-0.05, 0) is 31.4 Å². The highest BCUT2D eigenvalue weighted by Crippen LogP contribution is 2.24. The van der Waals surface area contributed by atoms with E-state index in [2.05, 4.69) is 5.16 Å². The number of carbonyl (C=O) groups excluding carboxylic acids is 1. The first-order valence-corrected chi connectivity index (χ1v) is 7.14. The highest BCUT2D eigenvalue weighted by Gasteiger charge is 2.21. The largest absolute Gasteiger partial charge is 0.355 e. The van der Waals surface area contributed by atoms with Crippen molar-refractivity contribution in [3.05, 3.63) is 41.0 Å². The summed E-state index contributed by atoms with van der Waals surface area (Å²) in [4.78, 5) is 14.1. The van der Waals surface area contributed by atoms with Crippen LogP contribution >= 0.6 is 11.6 Å². The van der Waals surface area contributed by atoms with Crippen LogP contribution in [0.5, 0.6) is 0 Å². The summed E-state index contributed by atoms with van der Waals surface area (Å²) < 4.78 is 5.26. The fourth-order valence-corrected chi connectivity index (χ4v) is 2.60. The zero-order valence-corrected chi connectivity index (χ0v) is 11.8. The fraction of sp³-hybridized carbons (Fsp3) is 0.333. The van der Waals surface area contributed by atoms with Crippen LogP contribution in [0.2, 0.25) is 5.02 Å². The molecule has 4 nitrogen and oxygen atoms in total. The van der Waals surface area contributed by atoms with Gasteiger partial charge in [0.2, 0.25) is 0 Å². The summed E-state index contributed by atoms with van der Waals surface area (Å²) in [6.07, 6.45) is 3.31. The number of hydrogen-bond acceptors (Lipinski definition) is 3. The third-order valence-electron chi connectivity index (χ3n) is 3.48. The van der Waals surface area contributed by atoms with Crippen LogP contribution in [0.25, 0.3) is 11.3 Å². The van der Waals surface area contributed by atoms with Gasteiger partial charge in [-0.2, -0.15) is 0 Å². The average molecular weight is 291 g/mol. The van der Waals surface area contributed by atoms with Crippen molar-refractivity contribution < 1.29 is 9.32 Å². The van der Waals surface area contributed by atoms with Gasteiger partial charge < -0.3 is 9.42 Å². The van der Waals surface area contributed by atoms with Crippen LogP contribution in [0.15, 0.2) is 34.9 Å². The van der Waals surface area contributed by atoms with Gasteiger partial charge in [0.05, 0.1) is 0 Å². The molecule has 0 bridgehead atoms. The molecule has 1 aliphatic rings. The molecule has 0 aliphatic carbocycles. The Morgan fingerprint density at radius 1 is 1.20 bits per heavy atom. The Morgan fingerprint density at radius 2 is 2.00 bits per heavy atom. The first-order valence-electron chi connectivity index (χ1n) is 6.76. The molecule has 1 fully saturated rings. The van der Waals surface area contributed by atoms with Crippen molar-refractivity contribution in [1.29, 1.82) is 0 Å². The van der Waals surface area contributed by atoms with E-state index in [-0.39, 0.29) is 5.91 Å². The highest BCUT2D eigenvalue weighted by molar-refractivity contribution is 6.30. The number of likely N-dealkylation sites (tertiary alicyclic amines) is 1. The quantitative estimate of drug-likeness (QED) is 0.848. The third kappa shape index (κ3) is 2.70. The lowest BCUT2D eigenvalue weighted by molar-refractivity contribution is 0.0714. The van der Waals surface area contributed by atoms with E-state index in [0.717, 1.165) is 31.5 Å². The number of amides is 1. The van der Waals surface area contributed by atoms with Crippen molar-refractivity contribution >= 4 is 17.5 Å². The van der Waals surface area contributed by atoms with Gasteiger partial charge in [0.25, 0.3) is 5.91 Å². The number of piperidine rings is 1. The molecule has 0 spiro atoms. The summed E-state index contributed by atoms with van der Waals surface area (Å²) in [5, 5.41) is 4.52. The van der Waals surface area contributed by atoms with Crippen LogP contribution in [0.1, 0.15) is 29.8 Å². The van der Waals surface area contributed by atoms with Crippen LogP contribution in [0.3, 0.4) is 0 Å². The van der Waals surface area contributed by atoms with Gasteiger partial charge in [-0.15, -0.1) is 0 Å². The minimum atomic E-state index is -0.0540.